The van der Waals surface area contributed by atoms with Gasteiger partial charge in [0.2, 0.25) is 0 Å². The highest BCUT2D eigenvalue weighted by Crippen LogP contribution is 2.03. The van der Waals surface area contributed by atoms with E-state index in [9.17, 15) is 4.79 Å². The molecule has 1 aromatic carbocycles. The lowest BCUT2D eigenvalue weighted by atomic mass is 10.0. The molecule has 0 bridgehead atoms. The molecule has 1 aromatic rings. The summed E-state index contributed by atoms with van der Waals surface area (Å²) >= 11 is 0. The van der Waals surface area contributed by atoms with Crippen molar-refractivity contribution >= 4 is 5.78 Å². The molecule has 2 nitrogen and oxygen atoms in total. The van der Waals surface area contributed by atoms with Crippen molar-refractivity contribution in [2.45, 2.75) is 25.8 Å². The average molecular weight is 177 g/mol. The molecule has 0 aromatic heterocycles. The fourth-order valence-corrected chi connectivity index (χ4v) is 1.24. The first-order valence-corrected chi connectivity index (χ1v) is 4.56. The summed E-state index contributed by atoms with van der Waals surface area (Å²) < 4.78 is 0. The normalized spacial score (nSPS) is 12.5. The van der Waals surface area contributed by atoms with Crippen LogP contribution in [0.25, 0.3) is 0 Å². The molecule has 70 valence electrons. The Bertz CT molecular complexity index is 269. The Morgan fingerprint density at radius 3 is 2.54 bits per heavy atom. The quantitative estimate of drug-likeness (QED) is 0.758. The lowest BCUT2D eigenvalue weighted by Crippen LogP contribution is -2.32. The highest BCUT2D eigenvalue weighted by Gasteiger charge is 2.10. The fourth-order valence-electron chi connectivity index (χ4n) is 1.24. The number of carbonyl (C=O) groups is 1. The van der Waals surface area contributed by atoms with Gasteiger partial charge in [-0.25, -0.2) is 0 Å². The van der Waals surface area contributed by atoms with Gasteiger partial charge in [0.1, 0.15) is 5.78 Å². The van der Waals surface area contributed by atoms with Crippen LogP contribution in [0.5, 0.6) is 0 Å². The van der Waals surface area contributed by atoms with Crippen LogP contribution in [0.2, 0.25) is 0 Å². The molecule has 0 saturated carbocycles. The van der Waals surface area contributed by atoms with Gasteiger partial charge >= 0.3 is 0 Å². The Morgan fingerprint density at radius 2 is 2.00 bits per heavy atom. The number of hydrogen-bond acceptors (Lipinski definition) is 2. The summed E-state index contributed by atoms with van der Waals surface area (Å²) in [6, 6.07) is 9.51. The van der Waals surface area contributed by atoms with E-state index in [4.69, 9.17) is 5.73 Å². The topological polar surface area (TPSA) is 43.1 Å². The number of carbonyl (C=O) groups excluding carboxylic acids is 1. The van der Waals surface area contributed by atoms with Crippen molar-refractivity contribution in [2.75, 3.05) is 0 Å². The Morgan fingerprint density at radius 1 is 1.38 bits per heavy atom. The highest BCUT2D eigenvalue weighted by atomic mass is 16.1. The maximum atomic E-state index is 11.2. The van der Waals surface area contributed by atoms with Crippen molar-refractivity contribution < 1.29 is 4.79 Å². The minimum absolute atomic E-state index is 0.129. The largest absolute Gasteiger partial charge is 0.321 e. The van der Waals surface area contributed by atoms with Crippen molar-refractivity contribution in [1.82, 2.24) is 0 Å². The smallest absolute Gasteiger partial charge is 0.149 e. The molecule has 0 spiro atoms. The molecule has 0 heterocycles. The van der Waals surface area contributed by atoms with E-state index in [1.54, 1.807) is 0 Å². The minimum atomic E-state index is -0.340. The van der Waals surface area contributed by atoms with Gasteiger partial charge in [0.05, 0.1) is 6.04 Å². The van der Waals surface area contributed by atoms with Crippen LogP contribution >= 0.6 is 0 Å². The number of ketones is 1. The van der Waals surface area contributed by atoms with E-state index in [1.165, 1.54) is 0 Å². The van der Waals surface area contributed by atoms with Crippen LogP contribution in [0.1, 0.15) is 18.9 Å². The van der Waals surface area contributed by atoms with E-state index in [1.807, 2.05) is 37.3 Å². The zero-order valence-corrected chi connectivity index (χ0v) is 7.86. The molecular weight excluding hydrogens is 162 g/mol. The zero-order valence-electron chi connectivity index (χ0n) is 7.86. The Hall–Kier alpha value is -1.15. The minimum Gasteiger partial charge on any atom is -0.321 e. The summed E-state index contributed by atoms with van der Waals surface area (Å²) in [5.41, 5.74) is 6.83. The second-order valence-electron chi connectivity index (χ2n) is 3.12. The van der Waals surface area contributed by atoms with Gasteiger partial charge in [-0.1, -0.05) is 37.3 Å². The standard InChI is InChI=1S/C11H15NO/c1-2-11(13)10(12)8-9-6-4-3-5-7-9/h3-7,10H,2,8,12H2,1H3. The summed E-state index contributed by atoms with van der Waals surface area (Å²) in [6.45, 7) is 1.84. The monoisotopic (exact) mass is 177 g/mol. The summed E-state index contributed by atoms with van der Waals surface area (Å²) in [6.07, 6.45) is 1.17. The summed E-state index contributed by atoms with van der Waals surface area (Å²) in [5.74, 6) is 0.129. The molecule has 0 aliphatic heterocycles. The van der Waals surface area contributed by atoms with Gasteiger partial charge in [-0.05, 0) is 12.0 Å². The highest BCUT2D eigenvalue weighted by molar-refractivity contribution is 5.83. The fraction of sp³-hybridized carbons (Fsp3) is 0.364. The van der Waals surface area contributed by atoms with Gasteiger partial charge in [-0.2, -0.15) is 0 Å². The van der Waals surface area contributed by atoms with Crippen LogP contribution in [0.4, 0.5) is 0 Å². The van der Waals surface area contributed by atoms with Gasteiger partial charge in [-0.15, -0.1) is 0 Å². The second kappa shape index (κ2) is 4.77. The molecule has 0 aliphatic carbocycles. The lowest BCUT2D eigenvalue weighted by Gasteiger charge is -2.08. The van der Waals surface area contributed by atoms with Crippen LogP contribution < -0.4 is 5.73 Å². The van der Waals surface area contributed by atoms with Crippen LogP contribution in [0.15, 0.2) is 30.3 Å². The molecule has 2 N–H and O–H groups in total. The first-order chi connectivity index (χ1) is 6.24. The summed E-state index contributed by atoms with van der Waals surface area (Å²) in [4.78, 5) is 11.2. The number of rotatable bonds is 4. The maximum Gasteiger partial charge on any atom is 0.149 e. The third-order valence-corrected chi connectivity index (χ3v) is 2.06. The summed E-state index contributed by atoms with van der Waals surface area (Å²) in [7, 11) is 0. The third kappa shape index (κ3) is 2.99. The van der Waals surface area contributed by atoms with Crippen LogP contribution in [0, 0.1) is 0 Å². The molecule has 0 saturated heterocycles. The second-order valence-corrected chi connectivity index (χ2v) is 3.12. The predicted octanol–water partition coefficient (Wildman–Crippen LogP) is 1.54. The van der Waals surface area contributed by atoms with E-state index < -0.39 is 0 Å². The van der Waals surface area contributed by atoms with Crippen molar-refractivity contribution in [3.05, 3.63) is 35.9 Å². The van der Waals surface area contributed by atoms with E-state index in [2.05, 4.69) is 0 Å². The number of Topliss-reactive ketones (excluding diaryl/α,β-unsaturated/α-hetero) is 1. The molecule has 0 fully saturated rings. The van der Waals surface area contributed by atoms with Crippen molar-refractivity contribution in [2.24, 2.45) is 5.73 Å². The van der Waals surface area contributed by atoms with Crippen molar-refractivity contribution in [1.29, 1.82) is 0 Å². The SMILES string of the molecule is CCC(=O)C(N)Cc1ccccc1. The van der Waals surface area contributed by atoms with Crippen LogP contribution in [-0.4, -0.2) is 11.8 Å². The van der Waals surface area contributed by atoms with E-state index >= 15 is 0 Å². The molecule has 1 rings (SSSR count). The number of benzene rings is 1. The molecule has 0 amide bonds. The predicted molar refractivity (Wildman–Crippen MR) is 53.4 cm³/mol. The third-order valence-electron chi connectivity index (χ3n) is 2.06. The molecule has 13 heavy (non-hydrogen) atoms. The number of hydrogen-bond donors (Lipinski definition) is 1. The van der Waals surface area contributed by atoms with Crippen LogP contribution in [-0.2, 0) is 11.2 Å². The van der Waals surface area contributed by atoms with Gasteiger partial charge < -0.3 is 5.73 Å². The molecular formula is C11H15NO. The van der Waals surface area contributed by atoms with Gasteiger partial charge in [0.15, 0.2) is 0 Å². The van der Waals surface area contributed by atoms with Gasteiger partial charge in [0, 0.05) is 6.42 Å². The maximum absolute atomic E-state index is 11.2. The molecule has 1 atom stereocenters. The lowest BCUT2D eigenvalue weighted by molar-refractivity contribution is -0.119. The molecule has 1 unspecified atom stereocenters. The Labute approximate surface area is 78.8 Å². The average Bonchev–Trinajstić information content (AvgIpc) is 2.18. The molecule has 0 aliphatic rings. The molecule has 0 radical (unpaired) electrons. The first kappa shape index (κ1) is 9.93. The zero-order chi connectivity index (χ0) is 9.68. The Balaban J connectivity index is 2.55. The Kier molecular flexibility index (Phi) is 3.65. The van der Waals surface area contributed by atoms with Gasteiger partial charge in [0.25, 0.3) is 0 Å². The van der Waals surface area contributed by atoms with Crippen molar-refractivity contribution in [3.8, 4) is 0 Å². The van der Waals surface area contributed by atoms with E-state index in [0.717, 1.165) is 5.56 Å². The molecule has 2 heteroatoms. The van der Waals surface area contributed by atoms with Gasteiger partial charge in [-0.3, -0.25) is 4.79 Å². The first-order valence-electron chi connectivity index (χ1n) is 4.56. The summed E-state index contributed by atoms with van der Waals surface area (Å²) in [5, 5.41) is 0. The van der Waals surface area contributed by atoms with E-state index in [0.29, 0.717) is 12.8 Å². The van der Waals surface area contributed by atoms with Crippen molar-refractivity contribution in [3.63, 3.8) is 0 Å². The van der Waals surface area contributed by atoms with Crippen LogP contribution in [0.3, 0.4) is 0 Å². The number of nitrogens with two attached hydrogens (primary N) is 1. The van der Waals surface area contributed by atoms with E-state index in [-0.39, 0.29) is 11.8 Å².